The molecule has 2 atom stereocenters. The van der Waals surface area contributed by atoms with Gasteiger partial charge in [-0.05, 0) is 71.5 Å². The third-order valence-electron chi connectivity index (χ3n) is 6.13. The van der Waals surface area contributed by atoms with Crippen molar-refractivity contribution in [3.8, 4) is 5.88 Å². The van der Waals surface area contributed by atoms with E-state index in [0.29, 0.717) is 18.6 Å². The molecule has 2 aliphatic rings. The van der Waals surface area contributed by atoms with E-state index in [4.69, 9.17) is 9.47 Å². The molecule has 0 aromatic carbocycles. The molecule has 2 saturated heterocycles. The van der Waals surface area contributed by atoms with E-state index in [9.17, 15) is 4.79 Å². The van der Waals surface area contributed by atoms with Gasteiger partial charge in [-0.3, -0.25) is 0 Å². The van der Waals surface area contributed by atoms with Crippen LogP contribution in [0, 0.1) is 0 Å². The molecule has 0 radical (unpaired) electrons. The average molecular weight is 376 g/mol. The smallest absolute Gasteiger partial charge is 0.410 e. The molecule has 3 rings (SSSR count). The third kappa shape index (κ3) is 4.37. The summed E-state index contributed by atoms with van der Waals surface area (Å²) in [7, 11) is 1.70. The molecule has 2 fully saturated rings. The van der Waals surface area contributed by atoms with Crippen molar-refractivity contribution < 1.29 is 14.3 Å². The van der Waals surface area contributed by atoms with Crippen molar-refractivity contribution in [3.63, 3.8) is 0 Å². The summed E-state index contributed by atoms with van der Waals surface area (Å²) in [6.45, 7) is 8.77. The molecule has 150 valence electrons. The van der Waals surface area contributed by atoms with E-state index in [-0.39, 0.29) is 18.2 Å². The summed E-state index contributed by atoms with van der Waals surface area (Å²) in [5, 5.41) is 0. The molecule has 1 amide bonds. The molecule has 2 unspecified atom stereocenters. The predicted molar refractivity (Wildman–Crippen MR) is 105 cm³/mol. The quantitative estimate of drug-likeness (QED) is 0.804. The molecule has 0 spiro atoms. The number of ether oxygens (including phenoxy) is 2. The van der Waals surface area contributed by atoms with Gasteiger partial charge in [-0.1, -0.05) is 6.07 Å². The molecule has 6 nitrogen and oxygen atoms in total. The normalized spacial score (nSPS) is 27.4. The van der Waals surface area contributed by atoms with Gasteiger partial charge in [0.05, 0.1) is 13.7 Å². The Balaban J connectivity index is 1.58. The van der Waals surface area contributed by atoms with Gasteiger partial charge >= 0.3 is 6.09 Å². The van der Waals surface area contributed by atoms with Crippen LogP contribution in [0.15, 0.2) is 18.3 Å². The number of methoxy groups -OCH3 is 1. The van der Waals surface area contributed by atoms with Crippen LogP contribution < -0.4 is 4.74 Å². The Morgan fingerprint density at radius 1 is 1.22 bits per heavy atom. The lowest BCUT2D eigenvalue weighted by Crippen LogP contribution is -2.56. The second-order valence-electron chi connectivity index (χ2n) is 7.84. The van der Waals surface area contributed by atoms with Crippen molar-refractivity contribution in [3.05, 3.63) is 23.9 Å². The van der Waals surface area contributed by atoms with E-state index in [0.717, 1.165) is 44.7 Å². The van der Waals surface area contributed by atoms with Crippen molar-refractivity contribution in [2.45, 2.75) is 70.5 Å². The van der Waals surface area contributed by atoms with Gasteiger partial charge in [-0.2, -0.15) is 0 Å². The summed E-state index contributed by atoms with van der Waals surface area (Å²) in [5.41, 5.74) is 1.23. The zero-order valence-electron chi connectivity index (χ0n) is 17.1. The third-order valence-corrected chi connectivity index (χ3v) is 6.13. The van der Waals surface area contributed by atoms with Gasteiger partial charge in [0.2, 0.25) is 5.88 Å². The second-order valence-corrected chi connectivity index (χ2v) is 7.84. The standard InChI is InChI=1S/C21H33N3O3/c1-5-27-21(25)24-15(2)13-18(14-16(24)3)23-11-8-17(9-12-23)19-7-6-10-22-20(19)26-4/h6-7,10,15-18H,5,8-9,11-14H2,1-4H3. The van der Waals surface area contributed by atoms with Crippen molar-refractivity contribution in [1.29, 1.82) is 0 Å². The minimum absolute atomic E-state index is 0.168. The van der Waals surface area contributed by atoms with Crippen LogP contribution in [0.1, 0.15) is 57.9 Å². The Bertz CT molecular complexity index is 619. The van der Waals surface area contributed by atoms with Gasteiger partial charge in [0.15, 0.2) is 0 Å². The fourth-order valence-electron chi connectivity index (χ4n) is 4.86. The highest BCUT2D eigenvalue weighted by Gasteiger charge is 2.38. The molecule has 0 saturated carbocycles. The Labute approximate surface area is 162 Å². The van der Waals surface area contributed by atoms with Crippen molar-refractivity contribution in [1.82, 2.24) is 14.8 Å². The van der Waals surface area contributed by atoms with E-state index in [1.165, 1.54) is 5.56 Å². The highest BCUT2D eigenvalue weighted by molar-refractivity contribution is 5.68. The van der Waals surface area contributed by atoms with Crippen LogP contribution in [0.25, 0.3) is 0 Å². The van der Waals surface area contributed by atoms with Gasteiger partial charge in [0, 0.05) is 29.9 Å². The van der Waals surface area contributed by atoms with E-state index in [1.54, 1.807) is 13.3 Å². The fourth-order valence-corrected chi connectivity index (χ4v) is 4.86. The molecule has 3 heterocycles. The number of carbonyl (C=O) groups excluding carboxylic acids is 1. The molecule has 0 aliphatic carbocycles. The Morgan fingerprint density at radius 2 is 1.89 bits per heavy atom. The molecular weight excluding hydrogens is 342 g/mol. The van der Waals surface area contributed by atoms with Crippen molar-refractivity contribution >= 4 is 6.09 Å². The van der Waals surface area contributed by atoms with Crippen LogP contribution in [0.4, 0.5) is 4.79 Å². The summed E-state index contributed by atoms with van der Waals surface area (Å²) in [4.78, 5) is 21.1. The van der Waals surface area contributed by atoms with Crippen LogP contribution in [-0.2, 0) is 4.74 Å². The van der Waals surface area contributed by atoms with Gasteiger partial charge in [-0.15, -0.1) is 0 Å². The van der Waals surface area contributed by atoms with Gasteiger partial charge in [-0.25, -0.2) is 9.78 Å². The van der Waals surface area contributed by atoms with Gasteiger partial charge in [0.25, 0.3) is 0 Å². The zero-order valence-corrected chi connectivity index (χ0v) is 17.1. The first-order valence-corrected chi connectivity index (χ1v) is 10.2. The number of piperidine rings is 2. The highest BCUT2D eigenvalue weighted by atomic mass is 16.6. The number of amides is 1. The van der Waals surface area contributed by atoms with E-state index >= 15 is 0 Å². The minimum Gasteiger partial charge on any atom is -0.481 e. The summed E-state index contributed by atoms with van der Waals surface area (Å²) in [6, 6.07) is 5.12. The first kappa shape index (κ1) is 19.9. The number of likely N-dealkylation sites (tertiary alicyclic amines) is 2. The first-order valence-electron chi connectivity index (χ1n) is 10.2. The number of carbonyl (C=O) groups is 1. The molecular formula is C21H33N3O3. The number of rotatable bonds is 4. The molecule has 1 aromatic heterocycles. The van der Waals surface area contributed by atoms with Crippen molar-refractivity contribution in [2.24, 2.45) is 0 Å². The lowest BCUT2D eigenvalue weighted by Gasteiger charge is -2.47. The van der Waals surface area contributed by atoms with E-state index in [1.807, 2.05) is 17.9 Å². The summed E-state index contributed by atoms with van der Waals surface area (Å²) in [6.07, 6.45) is 5.91. The molecule has 6 heteroatoms. The largest absolute Gasteiger partial charge is 0.481 e. The lowest BCUT2D eigenvalue weighted by molar-refractivity contribution is 0.0180. The predicted octanol–water partition coefficient (Wildman–Crippen LogP) is 3.67. The Hall–Kier alpha value is -1.82. The number of hydrogen-bond donors (Lipinski definition) is 0. The summed E-state index contributed by atoms with van der Waals surface area (Å²) < 4.78 is 10.7. The summed E-state index contributed by atoms with van der Waals surface area (Å²) >= 11 is 0. The van der Waals surface area contributed by atoms with Crippen LogP contribution in [0.5, 0.6) is 5.88 Å². The molecule has 27 heavy (non-hydrogen) atoms. The fraction of sp³-hybridized carbons (Fsp3) is 0.714. The number of nitrogens with zero attached hydrogens (tertiary/aromatic N) is 3. The highest BCUT2D eigenvalue weighted by Crippen LogP contribution is 2.35. The minimum atomic E-state index is -0.168. The summed E-state index contributed by atoms with van der Waals surface area (Å²) in [5.74, 6) is 1.28. The Morgan fingerprint density at radius 3 is 2.48 bits per heavy atom. The maximum absolute atomic E-state index is 12.2. The molecule has 0 bridgehead atoms. The SMILES string of the molecule is CCOC(=O)N1C(C)CC(N2CCC(c3cccnc3OC)CC2)CC1C. The van der Waals surface area contributed by atoms with Crippen LogP contribution in [-0.4, -0.2) is 65.8 Å². The monoisotopic (exact) mass is 375 g/mol. The second kappa shape index (κ2) is 8.91. The number of pyridine rings is 1. The van der Waals surface area contributed by atoms with Crippen LogP contribution >= 0.6 is 0 Å². The van der Waals surface area contributed by atoms with Gasteiger partial charge in [0.1, 0.15) is 0 Å². The van der Waals surface area contributed by atoms with Crippen molar-refractivity contribution in [2.75, 3.05) is 26.8 Å². The number of aromatic nitrogens is 1. The molecule has 2 aliphatic heterocycles. The Kier molecular flexibility index (Phi) is 6.58. The van der Waals surface area contributed by atoms with E-state index < -0.39 is 0 Å². The average Bonchev–Trinajstić information content (AvgIpc) is 2.67. The molecule has 1 aromatic rings. The van der Waals surface area contributed by atoms with Crippen LogP contribution in [0.2, 0.25) is 0 Å². The molecule has 0 N–H and O–H groups in total. The maximum atomic E-state index is 12.2. The van der Waals surface area contributed by atoms with Gasteiger partial charge < -0.3 is 19.3 Å². The topological polar surface area (TPSA) is 54.9 Å². The van der Waals surface area contributed by atoms with E-state index in [2.05, 4.69) is 29.8 Å². The first-order chi connectivity index (χ1) is 13.0. The zero-order chi connectivity index (χ0) is 19.4. The maximum Gasteiger partial charge on any atom is 0.410 e. The lowest BCUT2D eigenvalue weighted by atomic mass is 9.86. The van der Waals surface area contributed by atoms with Crippen LogP contribution in [0.3, 0.4) is 0 Å². The number of hydrogen-bond acceptors (Lipinski definition) is 5.